The van der Waals surface area contributed by atoms with Crippen LogP contribution in [0.3, 0.4) is 0 Å². The molecule has 3 N–H and O–H groups in total. The molecule has 2 aliphatic heterocycles. The van der Waals surface area contributed by atoms with Gasteiger partial charge in [0.25, 0.3) is 0 Å². The summed E-state index contributed by atoms with van der Waals surface area (Å²) in [5.74, 6) is 1.05. The summed E-state index contributed by atoms with van der Waals surface area (Å²) in [7, 11) is 0. The Labute approximate surface area is 131 Å². The second-order valence-electron chi connectivity index (χ2n) is 6.46. The molecule has 1 aromatic rings. The molecule has 2 saturated heterocycles. The largest absolute Gasteiger partial charge is 0.354 e. The second-order valence-corrected chi connectivity index (χ2v) is 6.46. The molecule has 7 nitrogen and oxygen atoms in total. The molecule has 0 aliphatic carbocycles. The van der Waals surface area contributed by atoms with Crippen LogP contribution in [0, 0.1) is 5.41 Å². The predicted octanol–water partition coefficient (Wildman–Crippen LogP) is -0.312. The molecule has 7 heteroatoms. The van der Waals surface area contributed by atoms with E-state index in [0.717, 1.165) is 44.8 Å². The zero-order valence-corrected chi connectivity index (χ0v) is 13.3. The van der Waals surface area contributed by atoms with Crippen molar-refractivity contribution in [2.45, 2.75) is 45.2 Å². The Morgan fingerprint density at radius 1 is 1.50 bits per heavy atom. The van der Waals surface area contributed by atoms with Crippen molar-refractivity contribution in [2.75, 3.05) is 26.2 Å². The summed E-state index contributed by atoms with van der Waals surface area (Å²) < 4.78 is 2.00. The van der Waals surface area contributed by atoms with Crippen LogP contribution in [0.25, 0.3) is 0 Å². The molecular weight excluding hydrogens is 280 g/mol. The Balaban J connectivity index is 1.45. The van der Waals surface area contributed by atoms with Gasteiger partial charge < -0.3 is 20.5 Å². The van der Waals surface area contributed by atoms with Gasteiger partial charge in [-0.15, -0.1) is 10.2 Å². The average Bonchev–Trinajstić information content (AvgIpc) is 3.15. The number of carbonyl (C=O) groups excluding carboxylic acids is 1. The first-order valence-electron chi connectivity index (χ1n) is 8.31. The third kappa shape index (κ3) is 3.30. The maximum atomic E-state index is 12.3. The van der Waals surface area contributed by atoms with Crippen molar-refractivity contribution in [3.63, 3.8) is 0 Å². The molecule has 122 valence electrons. The third-order valence-electron chi connectivity index (χ3n) is 5.03. The number of hydrogen-bond donors (Lipinski definition) is 3. The molecule has 0 unspecified atom stereocenters. The van der Waals surface area contributed by atoms with Crippen LogP contribution in [0.4, 0.5) is 0 Å². The van der Waals surface area contributed by atoms with Crippen molar-refractivity contribution < 1.29 is 4.79 Å². The zero-order valence-electron chi connectivity index (χ0n) is 13.3. The molecule has 0 radical (unpaired) electrons. The van der Waals surface area contributed by atoms with Crippen LogP contribution >= 0.6 is 0 Å². The van der Waals surface area contributed by atoms with Gasteiger partial charge in [0.15, 0.2) is 0 Å². The summed E-state index contributed by atoms with van der Waals surface area (Å²) in [4.78, 5) is 12.3. The van der Waals surface area contributed by atoms with Gasteiger partial charge in [-0.2, -0.15) is 0 Å². The van der Waals surface area contributed by atoms with E-state index in [1.807, 2.05) is 4.57 Å². The molecule has 1 spiro atoms. The fourth-order valence-electron chi connectivity index (χ4n) is 3.60. The highest BCUT2D eigenvalue weighted by molar-refractivity contribution is 5.82. The van der Waals surface area contributed by atoms with Gasteiger partial charge in [-0.3, -0.25) is 4.79 Å². The Morgan fingerprint density at radius 2 is 2.32 bits per heavy atom. The molecule has 3 rings (SSSR count). The van der Waals surface area contributed by atoms with E-state index in [1.54, 1.807) is 6.33 Å². The lowest BCUT2D eigenvalue weighted by Gasteiger charge is -2.33. The van der Waals surface area contributed by atoms with E-state index in [4.69, 9.17) is 0 Å². The number of nitrogens with one attached hydrogen (secondary N) is 3. The van der Waals surface area contributed by atoms with Gasteiger partial charge in [-0.1, -0.05) is 0 Å². The van der Waals surface area contributed by atoms with Crippen molar-refractivity contribution >= 4 is 5.91 Å². The van der Waals surface area contributed by atoms with Gasteiger partial charge in [0.05, 0.1) is 6.04 Å². The highest BCUT2D eigenvalue weighted by Gasteiger charge is 2.41. The highest BCUT2D eigenvalue weighted by Crippen LogP contribution is 2.37. The van der Waals surface area contributed by atoms with Gasteiger partial charge in [0, 0.05) is 26.1 Å². The molecule has 2 aliphatic rings. The van der Waals surface area contributed by atoms with Crippen molar-refractivity contribution in [2.24, 2.45) is 5.41 Å². The van der Waals surface area contributed by atoms with E-state index < -0.39 is 0 Å². The molecule has 0 bridgehead atoms. The summed E-state index contributed by atoms with van der Waals surface area (Å²) in [5.41, 5.74) is 0.329. The van der Waals surface area contributed by atoms with Gasteiger partial charge in [0.2, 0.25) is 5.91 Å². The maximum Gasteiger partial charge on any atom is 0.237 e. The zero-order chi connectivity index (χ0) is 15.4. The normalized spacial score (nSPS) is 23.8. The standard InChI is InChI=1S/C15H26N6O/c1-2-21-11-19-20-13(21)3-6-17-14(22)12-9-15(10-18-12)4-7-16-8-5-15/h11-12,16,18H,2-10H2,1H3,(H,17,22)/t12-/m0/s1. The van der Waals surface area contributed by atoms with Gasteiger partial charge in [-0.25, -0.2) is 0 Å². The van der Waals surface area contributed by atoms with Crippen molar-refractivity contribution in [1.29, 1.82) is 0 Å². The van der Waals surface area contributed by atoms with Gasteiger partial charge >= 0.3 is 0 Å². The summed E-state index contributed by atoms with van der Waals surface area (Å²) >= 11 is 0. The first-order valence-corrected chi connectivity index (χ1v) is 8.31. The topological polar surface area (TPSA) is 83.9 Å². The molecule has 1 aromatic heterocycles. The maximum absolute atomic E-state index is 12.3. The van der Waals surface area contributed by atoms with E-state index in [2.05, 4.69) is 33.1 Å². The molecular formula is C15H26N6O. The Morgan fingerprint density at radius 3 is 3.09 bits per heavy atom. The number of rotatable bonds is 5. The molecule has 22 heavy (non-hydrogen) atoms. The van der Waals surface area contributed by atoms with Crippen LogP contribution in [-0.2, 0) is 17.8 Å². The average molecular weight is 306 g/mol. The number of amides is 1. The van der Waals surface area contributed by atoms with Crippen molar-refractivity contribution in [3.8, 4) is 0 Å². The molecule has 1 atom stereocenters. The minimum Gasteiger partial charge on any atom is -0.354 e. The Bertz CT molecular complexity index is 508. The van der Waals surface area contributed by atoms with Crippen molar-refractivity contribution in [3.05, 3.63) is 12.2 Å². The molecule has 2 fully saturated rings. The lowest BCUT2D eigenvalue weighted by molar-refractivity contribution is -0.122. The van der Waals surface area contributed by atoms with Crippen LogP contribution in [-0.4, -0.2) is 52.9 Å². The predicted molar refractivity (Wildman–Crippen MR) is 83.4 cm³/mol. The number of nitrogens with zero attached hydrogens (tertiary/aromatic N) is 3. The quantitative estimate of drug-likeness (QED) is 0.695. The molecule has 0 aromatic carbocycles. The van der Waals surface area contributed by atoms with Gasteiger partial charge in [-0.05, 0) is 44.7 Å². The highest BCUT2D eigenvalue weighted by atomic mass is 16.2. The fraction of sp³-hybridized carbons (Fsp3) is 0.800. The first-order chi connectivity index (χ1) is 10.7. The van der Waals surface area contributed by atoms with Crippen LogP contribution in [0.5, 0.6) is 0 Å². The van der Waals surface area contributed by atoms with Crippen LogP contribution in [0.2, 0.25) is 0 Å². The summed E-state index contributed by atoms with van der Waals surface area (Å²) in [6.45, 7) is 6.65. The Kier molecular flexibility index (Phi) is 4.73. The van der Waals surface area contributed by atoms with E-state index in [9.17, 15) is 4.79 Å². The summed E-state index contributed by atoms with van der Waals surface area (Å²) in [5, 5.41) is 17.8. The van der Waals surface area contributed by atoms with E-state index in [-0.39, 0.29) is 11.9 Å². The first kappa shape index (κ1) is 15.4. The lowest BCUT2D eigenvalue weighted by Crippen LogP contribution is -2.41. The van der Waals surface area contributed by atoms with E-state index >= 15 is 0 Å². The van der Waals surface area contributed by atoms with E-state index in [1.165, 1.54) is 12.8 Å². The fourth-order valence-corrected chi connectivity index (χ4v) is 3.60. The lowest BCUT2D eigenvalue weighted by atomic mass is 9.77. The molecule has 1 amide bonds. The third-order valence-corrected chi connectivity index (χ3v) is 5.03. The monoisotopic (exact) mass is 306 g/mol. The van der Waals surface area contributed by atoms with Crippen molar-refractivity contribution in [1.82, 2.24) is 30.7 Å². The van der Waals surface area contributed by atoms with Crippen LogP contribution in [0.15, 0.2) is 6.33 Å². The minimum absolute atomic E-state index is 0.0397. The number of hydrogen-bond acceptors (Lipinski definition) is 5. The Hall–Kier alpha value is -1.47. The molecule has 0 saturated carbocycles. The number of piperidine rings is 1. The number of aryl methyl sites for hydroxylation is 1. The molecule has 3 heterocycles. The smallest absolute Gasteiger partial charge is 0.237 e. The van der Waals surface area contributed by atoms with E-state index in [0.29, 0.717) is 12.0 Å². The van der Waals surface area contributed by atoms with Crippen LogP contribution in [0.1, 0.15) is 32.0 Å². The second kappa shape index (κ2) is 6.75. The van der Waals surface area contributed by atoms with Gasteiger partial charge in [0.1, 0.15) is 12.2 Å². The minimum atomic E-state index is -0.0397. The SMILES string of the molecule is CCn1cnnc1CCNC(=O)[C@@H]1CC2(CCNCC2)CN1. The summed E-state index contributed by atoms with van der Waals surface area (Å²) in [6.07, 6.45) is 5.76. The summed E-state index contributed by atoms with van der Waals surface area (Å²) in [6, 6.07) is -0.0397. The number of carbonyl (C=O) groups is 1. The number of aromatic nitrogens is 3. The van der Waals surface area contributed by atoms with Crippen LogP contribution < -0.4 is 16.0 Å².